The van der Waals surface area contributed by atoms with E-state index in [1.807, 2.05) is 0 Å². The van der Waals surface area contributed by atoms with Crippen LogP contribution >= 0.6 is 11.6 Å². The highest BCUT2D eigenvalue weighted by atomic mass is 35.5. The molecule has 5 rings (SSSR count). The van der Waals surface area contributed by atoms with Crippen LogP contribution in [0.2, 0.25) is 5.02 Å². The van der Waals surface area contributed by atoms with Gasteiger partial charge in [-0.1, -0.05) is 11.6 Å². The van der Waals surface area contributed by atoms with Crippen LogP contribution in [0.15, 0.2) is 59.6 Å². The van der Waals surface area contributed by atoms with E-state index in [1.54, 1.807) is 37.2 Å². The lowest BCUT2D eigenvalue weighted by atomic mass is 9.82. The van der Waals surface area contributed by atoms with E-state index >= 15 is 4.79 Å². The van der Waals surface area contributed by atoms with E-state index in [0.717, 1.165) is 4.31 Å². The predicted octanol–water partition coefficient (Wildman–Crippen LogP) is 3.51. The van der Waals surface area contributed by atoms with Crippen molar-refractivity contribution in [1.29, 1.82) is 0 Å². The first-order valence-corrected chi connectivity index (χ1v) is 15.1. The minimum atomic E-state index is -4.57. The molecule has 2 atom stereocenters. The zero-order valence-corrected chi connectivity index (χ0v) is 25.8. The van der Waals surface area contributed by atoms with E-state index in [0.29, 0.717) is 23.3 Å². The zero-order valence-electron chi connectivity index (χ0n) is 24.2. The van der Waals surface area contributed by atoms with Gasteiger partial charge in [-0.2, -0.15) is 0 Å². The number of ether oxygens (including phenoxy) is 4. The number of benzene rings is 2. The number of aromatic nitrogens is 1. The van der Waals surface area contributed by atoms with Crippen LogP contribution in [-0.2, 0) is 25.1 Å². The Kier molecular flexibility index (Phi) is 8.16. The third-order valence-electron chi connectivity index (χ3n) is 7.56. The first kappa shape index (κ1) is 30.4. The van der Waals surface area contributed by atoms with Gasteiger partial charge in [0, 0.05) is 55.6 Å². The third-order valence-corrected chi connectivity index (χ3v) is 9.53. The van der Waals surface area contributed by atoms with Crippen molar-refractivity contribution in [2.75, 3.05) is 52.8 Å². The number of carbonyl (C=O) groups is 2. The van der Waals surface area contributed by atoms with Crippen molar-refractivity contribution in [3.63, 3.8) is 0 Å². The molecule has 0 saturated carbocycles. The van der Waals surface area contributed by atoms with Gasteiger partial charge >= 0.3 is 6.09 Å². The maximum Gasteiger partial charge on any atom is 0.409 e. The van der Waals surface area contributed by atoms with Crippen molar-refractivity contribution < 1.29 is 37.0 Å². The summed E-state index contributed by atoms with van der Waals surface area (Å²) >= 11 is 6.51. The van der Waals surface area contributed by atoms with Crippen LogP contribution in [0, 0.1) is 0 Å². The lowest BCUT2D eigenvalue weighted by Gasteiger charge is -2.38. The molecular formula is C29H31ClN4O8S. The topological polar surface area (TPSA) is 128 Å². The Bertz CT molecular complexity index is 1680. The monoisotopic (exact) mass is 630 g/mol. The van der Waals surface area contributed by atoms with E-state index < -0.39 is 33.7 Å². The van der Waals surface area contributed by atoms with E-state index in [-0.39, 0.29) is 40.3 Å². The molecule has 14 heteroatoms. The van der Waals surface area contributed by atoms with Crippen LogP contribution in [0.4, 0.5) is 10.5 Å². The van der Waals surface area contributed by atoms with Crippen LogP contribution < -0.4 is 18.5 Å². The Labute approximate surface area is 254 Å². The molecule has 0 aliphatic carbocycles. The highest BCUT2D eigenvalue weighted by molar-refractivity contribution is 7.93. The molecule has 1 aromatic heterocycles. The lowest BCUT2D eigenvalue weighted by molar-refractivity contribution is -0.126. The second-order valence-electron chi connectivity index (χ2n) is 10.2. The normalized spacial score (nSPS) is 20.1. The number of nitrogens with zero attached hydrogens (tertiary/aromatic N) is 4. The number of anilines is 1. The number of hydrogen-bond donors (Lipinski definition) is 0. The molecular weight excluding hydrogens is 600 g/mol. The van der Waals surface area contributed by atoms with Crippen LogP contribution in [0.25, 0.3) is 0 Å². The fourth-order valence-corrected chi connectivity index (χ4v) is 7.39. The second-order valence-corrected chi connectivity index (χ2v) is 12.3. The molecule has 2 aliphatic heterocycles. The number of hydrogen-bond acceptors (Lipinski definition) is 10. The number of carbonyl (C=O) groups excluding carboxylic acids is 2. The Morgan fingerprint density at radius 1 is 1.05 bits per heavy atom. The molecule has 0 radical (unpaired) electrons. The molecule has 43 heavy (non-hydrogen) atoms. The molecule has 12 nitrogen and oxygen atoms in total. The summed E-state index contributed by atoms with van der Waals surface area (Å²) in [5, 5.41) is 0.287. The number of rotatable bonds is 8. The first-order valence-electron chi connectivity index (χ1n) is 13.2. The first-order chi connectivity index (χ1) is 20.5. The second kappa shape index (κ2) is 11.5. The van der Waals surface area contributed by atoms with Crippen molar-refractivity contribution in [2.45, 2.75) is 23.0 Å². The molecule has 2 aromatic carbocycles. The molecule has 0 bridgehead atoms. The Morgan fingerprint density at radius 3 is 2.49 bits per heavy atom. The number of sulfonamides is 1. The molecule has 0 spiro atoms. The summed E-state index contributed by atoms with van der Waals surface area (Å²) in [6, 6.07) is 12.1. The Balaban J connectivity index is 1.75. The fourth-order valence-electron chi connectivity index (χ4n) is 5.61. The fraction of sp³-hybridized carbons (Fsp3) is 0.345. The summed E-state index contributed by atoms with van der Waals surface area (Å²) in [5.41, 5.74) is -1.03. The Hall–Kier alpha value is -4.07. The number of amides is 2. The summed E-state index contributed by atoms with van der Waals surface area (Å²) in [7, 11) is 2.77. The van der Waals surface area contributed by atoms with Gasteiger partial charge in [0.25, 0.3) is 15.9 Å². The summed E-state index contributed by atoms with van der Waals surface area (Å²) in [6.45, 7) is 0.399. The van der Waals surface area contributed by atoms with Crippen molar-refractivity contribution in [3.8, 4) is 17.4 Å². The van der Waals surface area contributed by atoms with E-state index in [2.05, 4.69) is 4.98 Å². The quantitative estimate of drug-likeness (QED) is 0.365. The molecule has 1 saturated heterocycles. The van der Waals surface area contributed by atoms with Gasteiger partial charge in [-0.15, -0.1) is 0 Å². The molecule has 2 aliphatic rings. The average Bonchev–Trinajstić information content (AvgIpc) is 3.56. The number of likely N-dealkylation sites (tertiary alicyclic amines) is 1. The maximum atomic E-state index is 15.0. The summed E-state index contributed by atoms with van der Waals surface area (Å²) in [6.07, 6.45) is 0.803. The van der Waals surface area contributed by atoms with Crippen molar-refractivity contribution in [1.82, 2.24) is 14.8 Å². The van der Waals surface area contributed by atoms with Crippen LogP contribution in [0.3, 0.4) is 0 Å². The SMILES string of the molecule is COc1ccc(S(=O)(=O)N2C(=O)C(c3cccnc3OC)(N3CCC(OC(=O)N(C)C)C3)c3cc(Cl)ccc32)c(OC)c1. The van der Waals surface area contributed by atoms with Gasteiger partial charge in [0.15, 0.2) is 5.54 Å². The molecule has 0 N–H and O–H groups in total. The Morgan fingerprint density at radius 2 is 1.81 bits per heavy atom. The number of methoxy groups -OCH3 is 3. The van der Waals surface area contributed by atoms with Crippen molar-refractivity contribution in [2.24, 2.45) is 0 Å². The van der Waals surface area contributed by atoms with Crippen molar-refractivity contribution in [3.05, 3.63) is 70.9 Å². The largest absolute Gasteiger partial charge is 0.497 e. The van der Waals surface area contributed by atoms with E-state index in [9.17, 15) is 13.2 Å². The third kappa shape index (κ3) is 4.90. The van der Waals surface area contributed by atoms with Crippen LogP contribution in [0.1, 0.15) is 17.5 Å². The molecule has 2 amide bonds. The highest BCUT2D eigenvalue weighted by Gasteiger charge is 2.62. The average molecular weight is 631 g/mol. The van der Waals surface area contributed by atoms with Crippen LogP contribution in [-0.4, -0.2) is 89.8 Å². The molecule has 228 valence electrons. The molecule has 3 aromatic rings. The van der Waals surface area contributed by atoms with Gasteiger partial charge in [0.05, 0.1) is 27.0 Å². The predicted molar refractivity (Wildman–Crippen MR) is 157 cm³/mol. The minimum absolute atomic E-state index is 0.00374. The van der Waals surface area contributed by atoms with Crippen LogP contribution in [0.5, 0.6) is 17.4 Å². The summed E-state index contributed by atoms with van der Waals surface area (Å²) in [5.74, 6) is -0.304. The van der Waals surface area contributed by atoms with E-state index in [1.165, 1.54) is 62.8 Å². The van der Waals surface area contributed by atoms with Gasteiger partial charge in [-0.25, -0.2) is 22.5 Å². The van der Waals surface area contributed by atoms with Gasteiger partial charge in [-0.05, 0) is 48.9 Å². The molecule has 3 heterocycles. The summed E-state index contributed by atoms with van der Waals surface area (Å²) < 4.78 is 51.6. The van der Waals surface area contributed by atoms with Gasteiger partial charge in [-0.3, -0.25) is 9.69 Å². The smallest absolute Gasteiger partial charge is 0.409 e. The maximum absolute atomic E-state index is 15.0. The van der Waals surface area contributed by atoms with E-state index in [4.69, 9.17) is 30.5 Å². The van der Waals surface area contributed by atoms with Gasteiger partial charge < -0.3 is 23.8 Å². The zero-order chi connectivity index (χ0) is 31.1. The van der Waals surface area contributed by atoms with Gasteiger partial charge in [0.2, 0.25) is 5.88 Å². The lowest BCUT2D eigenvalue weighted by Crippen LogP contribution is -2.54. The number of pyridine rings is 1. The highest BCUT2D eigenvalue weighted by Crippen LogP contribution is 2.54. The van der Waals surface area contributed by atoms with Gasteiger partial charge in [0.1, 0.15) is 22.5 Å². The summed E-state index contributed by atoms with van der Waals surface area (Å²) in [4.78, 5) is 34.6. The molecule has 2 unspecified atom stereocenters. The number of halogens is 1. The van der Waals surface area contributed by atoms with Crippen molar-refractivity contribution >= 4 is 39.3 Å². The standard InChI is InChI=1S/C29H31ClN4O8S/c1-32(2)28(36)42-20-12-14-33(17-20)29(21-7-6-13-31-26(21)41-5)22-15-18(30)8-10-23(22)34(27(29)35)43(37,38)25-11-9-19(39-3)16-24(25)40-4/h6-11,13,15-16,20H,12,14,17H2,1-5H3. The minimum Gasteiger partial charge on any atom is -0.497 e. The number of fused-ring (bicyclic) bond motifs is 1. The molecule has 1 fully saturated rings.